The molecule has 0 radical (unpaired) electrons. The van der Waals surface area contributed by atoms with Gasteiger partial charge in [0.25, 0.3) is 11.1 Å². The number of aryl methyl sites for hydroxylation is 1. The summed E-state index contributed by atoms with van der Waals surface area (Å²) in [7, 11) is 0. The lowest BCUT2D eigenvalue weighted by Gasteiger charge is -2.07. The summed E-state index contributed by atoms with van der Waals surface area (Å²) in [6.07, 6.45) is 0.0897. The van der Waals surface area contributed by atoms with Gasteiger partial charge in [0.2, 0.25) is 5.91 Å². The Balaban J connectivity index is 1.97. The minimum absolute atomic E-state index is 0.0897. The molecule has 0 aliphatic rings. The van der Waals surface area contributed by atoms with E-state index >= 15 is 0 Å². The monoisotopic (exact) mass is 337 g/mol. The number of benzene rings is 1. The van der Waals surface area contributed by atoms with Gasteiger partial charge >= 0.3 is 0 Å². The van der Waals surface area contributed by atoms with Gasteiger partial charge in [-0.3, -0.25) is 19.5 Å². The highest BCUT2D eigenvalue weighted by Gasteiger charge is 2.04. The van der Waals surface area contributed by atoms with Gasteiger partial charge in [-0.15, -0.1) is 0 Å². The SMILES string of the molecule is O=C(CCn1[nH]c(=O)ccc1=O)Nc1cccc(Br)c1. The largest absolute Gasteiger partial charge is 0.326 e. The number of carbonyl (C=O) groups excluding carboxylic acids is 1. The molecule has 0 fully saturated rings. The van der Waals surface area contributed by atoms with E-state index in [-0.39, 0.29) is 30.0 Å². The molecule has 2 N–H and O–H groups in total. The number of carbonyl (C=O) groups is 1. The number of halogens is 1. The van der Waals surface area contributed by atoms with Crippen molar-refractivity contribution in [3.05, 3.63) is 61.6 Å². The van der Waals surface area contributed by atoms with Crippen LogP contribution in [-0.4, -0.2) is 15.7 Å². The molecule has 104 valence electrons. The Morgan fingerprint density at radius 1 is 1.25 bits per heavy atom. The van der Waals surface area contributed by atoms with Gasteiger partial charge in [0, 0.05) is 28.7 Å². The molecule has 0 saturated heterocycles. The van der Waals surface area contributed by atoms with Crippen molar-refractivity contribution in [2.24, 2.45) is 0 Å². The maximum Gasteiger partial charge on any atom is 0.265 e. The van der Waals surface area contributed by atoms with Gasteiger partial charge < -0.3 is 5.32 Å². The summed E-state index contributed by atoms with van der Waals surface area (Å²) < 4.78 is 1.97. The number of anilines is 1. The lowest BCUT2D eigenvalue weighted by molar-refractivity contribution is -0.116. The van der Waals surface area contributed by atoms with Crippen LogP contribution in [0, 0.1) is 0 Å². The third-order valence-corrected chi connectivity index (χ3v) is 3.05. The molecule has 1 amide bonds. The second-order valence-electron chi connectivity index (χ2n) is 4.11. The van der Waals surface area contributed by atoms with Crippen LogP contribution < -0.4 is 16.4 Å². The van der Waals surface area contributed by atoms with Crippen LogP contribution in [0.25, 0.3) is 0 Å². The van der Waals surface area contributed by atoms with E-state index in [1.165, 1.54) is 6.07 Å². The van der Waals surface area contributed by atoms with Gasteiger partial charge in [0.15, 0.2) is 0 Å². The number of H-pyrrole nitrogens is 1. The number of hydrogen-bond donors (Lipinski definition) is 2. The van der Waals surface area contributed by atoms with E-state index in [1.807, 2.05) is 6.07 Å². The number of amides is 1. The topological polar surface area (TPSA) is 84.0 Å². The smallest absolute Gasteiger partial charge is 0.265 e. The van der Waals surface area contributed by atoms with Crippen molar-refractivity contribution in [1.82, 2.24) is 9.78 Å². The predicted octanol–water partition coefficient (Wildman–Crippen LogP) is 1.33. The molecule has 1 aromatic carbocycles. The number of nitrogens with one attached hydrogen (secondary N) is 2. The molecule has 0 bridgehead atoms. The van der Waals surface area contributed by atoms with Crippen molar-refractivity contribution in [2.45, 2.75) is 13.0 Å². The number of nitrogens with zero attached hydrogens (tertiary/aromatic N) is 1. The summed E-state index contributed by atoms with van der Waals surface area (Å²) in [5.74, 6) is -0.236. The zero-order valence-electron chi connectivity index (χ0n) is 10.4. The number of aromatic nitrogens is 2. The first kappa shape index (κ1) is 14.3. The third-order valence-electron chi connectivity index (χ3n) is 2.56. The van der Waals surface area contributed by atoms with Gasteiger partial charge in [0.1, 0.15) is 0 Å². The summed E-state index contributed by atoms with van der Waals surface area (Å²) in [5.41, 5.74) is -0.0601. The molecular weight excluding hydrogens is 326 g/mol. The molecule has 2 rings (SSSR count). The van der Waals surface area contributed by atoms with E-state index in [2.05, 4.69) is 26.3 Å². The van der Waals surface area contributed by atoms with Crippen molar-refractivity contribution in [1.29, 1.82) is 0 Å². The Kier molecular flexibility index (Phi) is 4.52. The van der Waals surface area contributed by atoms with E-state index in [0.717, 1.165) is 15.2 Å². The molecule has 0 spiro atoms. The first-order chi connectivity index (χ1) is 9.54. The third kappa shape index (κ3) is 3.92. The van der Waals surface area contributed by atoms with E-state index in [4.69, 9.17) is 0 Å². The molecule has 20 heavy (non-hydrogen) atoms. The Bertz CT molecular complexity index is 736. The maximum absolute atomic E-state index is 11.8. The molecule has 6 nitrogen and oxygen atoms in total. The second-order valence-corrected chi connectivity index (χ2v) is 5.02. The highest BCUT2D eigenvalue weighted by Crippen LogP contribution is 2.15. The quantitative estimate of drug-likeness (QED) is 0.882. The number of hydrogen-bond acceptors (Lipinski definition) is 3. The minimum atomic E-state index is -0.378. The molecule has 0 aliphatic heterocycles. The molecule has 1 heterocycles. The predicted molar refractivity (Wildman–Crippen MR) is 78.7 cm³/mol. The summed E-state index contributed by atoms with van der Waals surface area (Å²) in [5, 5.41) is 5.08. The van der Waals surface area contributed by atoms with Crippen LogP contribution in [0.3, 0.4) is 0 Å². The van der Waals surface area contributed by atoms with Crippen molar-refractivity contribution >= 4 is 27.5 Å². The van der Waals surface area contributed by atoms with Gasteiger partial charge in [-0.25, -0.2) is 4.68 Å². The van der Waals surface area contributed by atoms with Gasteiger partial charge in [-0.05, 0) is 18.2 Å². The lowest BCUT2D eigenvalue weighted by atomic mass is 10.3. The highest BCUT2D eigenvalue weighted by atomic mass is 79.9. The minimum Gasteiger partial charge on any atom is -0.326 e. The van der Waals surface area contributed by atoms with Crippen molar-refractivity contribution < 1.29 is 4.79 Å². The Hall–Kier alpha value is -2.15. The van der Waals surface area contributed by atoms with Crippen molar-refractivity contribution in [2.75, 3.05) is 5.32 Å². The molecule has 0 unspecified atom stereocenters. The molecule has 1 aromatic heterocycles. The Morgan fingerprint density at radius 3 is 2.80 bits per heavy atom. The fourth-order valence-corrected chi connectivity index (χ4v) is 2.03. The molecule has 0 aliphatic carbocycles. The summed E-state index contributed by atoms with van der Waals surface area (Å²) in [6.45, 7) is 0.120. The van der Waals surface area contributed by atoms with Gasteiger partial charge in [0.05, 0.1) is 6.54 Å². The first-order valence-electron chi connectivity index (χ1n) is 5.90. The average molecular weight is 338 g/mol. The van der Waals surface area contributed by atoms with Crippen molar-refractivity contribution in [3.8, 4) is 0 Å². The van der Waals surface area contributed by atoms with E-state index < -0.39 is 0 Å². The number of rotatable bonds is 4. The second kappa shape index (κ2) is 6.33. The Morgan fingerprint density at radius 2 is 2.05 bits per heavy atom. The van der Waals surface area contributed by atoms with Crippen LogP contribution >= 0.6 is 15.9 Å². The Labute approximate surface area is 122 Å². The molecule has 2 aromatic rings. The summed E-state index contributed by atoms with van der Waals surface area (Å²) >= 11 is 3.31. The van der Waals surface area contributed by atoms with Crippen LogP contribution in [0.1, 0.15) is 6.42 Å². The lowest BCUT2D eigenvalue weighted by Crippen LogP contribution is -2.29. The highest BCUT2D eigenvalue weighted by molar-refractivity contribution is 9.10. The molecular formula is C13H12BrN3O3. The van der Waals surface area contributed by atoms with E-state index in [1.54, 1.807) is 18.2 Å². The molecule has 0 saturated carbocycles. The average Bonchev–Trinajstić information content (AvgIpc) is 2.40. The van der Waals surface area contributed by atoms with Crippen molar-refractivity contribution in [3.63, 3.8) is 0 Å². The van der Waals surface area contributed by atoms with Gasteiger partial charge in [-0.1, -0.05) is 22.0 Å². The fraction of sp³-hybridized carbons (Fsp3) is 0.154. The van der Waals surface area contributed by atoms with Crippen LogP contribution in [0.4, 0.5) is 5.69 Å². The van der Waals surface area contributed by atoms with E-state index in [9.17, 15) is 14.4 Å². The van der Waals surface area contributed by atoms with Crippen LogP contribution in [-0.2, 0) is 11.3 Å². The zero-order chi connectivity index (χ0) is 14.5. The standard InChI is InChI=1S/C13H12BrN3O3/c14-9-2-1-3-10(8-9)15-11(18)6-7-17-13(20)5-4-12(19)16-17/h1-5,8H,6-7H2,(H,15,18)(H,16,19). The fourth-order valence-electron chi connectivity index (χ4n) is 1.63. The first-order valence-corrected chi connectivity index (χ1v) is 6.69. The normalized spacial score (nSPS) is 10.2. The zero-order valence-corrected chi connectivity index (χ0v) is 12.0. The summed E-state index contributed by atoms with van der Waals surface area (Å²) in [4.78, 5) is 34.3. The number of aromatic amines is 1. The van der Waals surface area contributed by atoms with E-state index in [0.29, 0.717) is 5.69 Å². The molecule has 0 atom stereocenters. The maximum atomic E-state index is 11.8. The summed E-state index contributed by atoms with van der Waals surface area (Å²) in [6, 6.07) is 9.52. The van der Waals surface area contributed by atoms with Gasteiger partial charge in [-0.2, -0.15) is 0 Å². The van der Waals surface area contributed by atoms with Crippen LogP contribution in [0.5, 0.6) is 0 Å². The molecule has 7 heteroatoms. The van der Waals surface area contributed by atoms with Crippen LogP contribution in [0.15, 0.2) is 50.5 Å². The van der Waals surface area contributed by atoms with Crippen LogP contribution in [0.2, 0.25) is 0 Å².